The number of hydrogen-bond donors (Lipinski definition) is 2. The van der Waals surface area contributed by atoms with E-state index in [2.05, 4.69) is 28.5 Å². The Labute approximate surface area is 127 Å². The number of benzene rings is 2. The van der Waals surface area contributed by atoms with Crippen molar-refractivity contribution in [3.63, 3.8) is 0 Å². The number of aromatic nitrogens is 1. The van der Waals surface area contributed by atoms with Crippen LogP contribution in [0.25, 0.3) is 22.2 Å². The molecule has 0 atom stereocenters. The Hall–Kier alpha value is -2.13. The minimum atomic E-state index is 0.752. The Kier molecular flexibility index (Phi) is 2.82. The molecule has 4 rings (SSSR count). The molecule has 0 radical (unpaired) electrons. The molecule has 0 saturated carbocycles. The molecule has 4 heteroatoms. The largest absolute Gasteiger partial charge is 0.497 e. The number of anilines is 1. The van der Waals surface area contributed by atoms with E-state index in [0.29, 0.717) is 0 Å². The maximum atomic E-state index is 6.11. The van der Waals surface area contributed by atoms with Crippen LogP contribution in [0.3, 0.4) is 0 Å². The molecule has 0 spiro atoms. The van der Waals surface area contributed by atoms with Crippen LogP contribution in [0.2, 0.25) is 5.02 Å². The summed E-state index contributed by atoms with van der Waals surface area (Å²) in [6.45, 7) is 0.893. The van der Waals surface area contributed by atoms with Gasteiger partial charge in [0.15, 0.2) is 0 Å². The third-order valence-electron chi connectivity index (χ3n) is 4.05. The van der Waals surface area contributed by atoms with Crippen molar-refractivity contribution in [3.8, 4) is 17.0 Å². The Bertz CT molecular complexity index is 838. The third kappa shape index (κ3) is 1.96. The fourth-order valence-electron chi connectivity index (χ4n) is 3.05. The lowest BCUT2D eigenvalue weighted by Gasteiger charge is -2.07. The van der Waals surface area contributed by atoms with E-state index in [1.54, 1.807) is 7.11 Å². The Balaban J connectivity index is 2.00. The number of halogens is 1. The van der Waals surface area contributed by atoms with E-state index in [0.717, 1.165) is 34.9 Å². The molecule has 1 aliphatic heterocycles. The summed E-state index contributed by atoms with van der Waals surface area (Å²) >= 11 is 6.11. The van der Waals surface area contributed by atoms with Crippen molar-refractivity contribution >= 4 is 28.2 Å². The molecule has 21 heavy (non-hydrogen) atoms. The van der Waals surface area contributed by atoms with Crippen LogP contribution >= 0.6 is 11.6 Å². The molecule has 1 aliphatic rings. The molecule has 3 aromatic rings. The SMILES string of the molecule is COc1ccc2[nH]c3c(c2c1)CCNc1cc(Cl)ccc1-3. The first-order valence-corrected chi connectivity index (χ1v) is 7.36. The van der Waals surface area contributed by atoms with Crippen LogP contribution in [0.5, 0.6) is 5.75 Å². The Morgan fingerprint density at radius 1 is 1.14 bits per heavy atom. The highest BCUT2D eigenvalue weighted by Crippen LogP contribution is 2.39. The predicted molar refractivity (Wildman–Crippen MR) is 87.5 cm³/mol. The van der Waals surface area contributed by atoms with Crippen molar-refractivity contribution < 1.29 is 4.74 Å². The normalized spacial score (nSPS) is 13.2. The minimum Gasteiger partial charge on any atom is -0.497 e. The van der Waals surface area contributed by atoms with E-state index in [1.165, 1.54) is 22.2 Å². The second-order valence-electron chi connectivity index (χ2n) is 5.26. The fraction of sp³-hybridized carbons (Fsp3) is 0.176. The highest BCUT2D eigenvalue weighted by molar-refractivity contribution is 6.31. The standard InChI is InChI=1S/C17H15ClN2O/c1-21-11-3-5-15-14(9-11)12-6-7-19-16-8-10(18)2-4-13(16)17(12)20-15/h2-5,8-9,19-20H,6-7H2,1H3. The summed E-state index contributed by atoms with van der Waals surface area (Å²) in [5.74, 6) is 0.887. The Morgan fingerprint density at radius 2 is 2.05 bits per heavy atom. The molecule has 2 heterocycles. The predicted octanol–water partition coefficient (Wildman–Crippen LogP) is 4.46. The van der Waals surface area contributed by atoms with Gasteiger partial charge in [-0.05, 0) is 48.4 Å². The smallest absolute Gasteiger partial charge is 0.119 e. The van der Waals surface area contributed by atoms with Gasteiger partial charge >= 0.3 is 0 Å². The number of nitrogens with one attached hydrogen (secondary N) is 2. The van der Waals surface area contributed by atoms with Gasteiger partial charge in [-0.15, -0.1) is 0 Å². The van der Waals surface area contributed by atoms with Crippen LogP contribution in [0, 0.1) is 0 Å². The summed E-state index contributed by atoms with van der Waals surface area (Å²) in [5.41, 5.74) is 5.90. The van der Waals surface area contributed by atoms with Gasteiger partial charge < -0.3 is 15.0 Å². The van der Waals surface area contributed by atoms with E-state index >= 15 is 0 Å². The van der Waals surface area contributed by atoms with Crippen LogP contribution in [-0.2, 0) is 6.42 Å². The number of methoxy groups -OCH3 is 1. The summed E-state index contributed by atoms with van der Waals surface area (Å²) in [5, 5.41) is 5.44. The summed E-state index contributed by atoms with van der Waals surface area (Å²) in [7, 11) is 1.70. The molecule has 0 unspecified atom stereocenters. The molecule has 3 nitrogen and oxygen atoms in total. The van der Waals surface area contributed by atoms with Gasteiger partial charge in [-0.2, -0.15) is 0 Å². The maximum Gasteiger partial charge on any atom is 0.119 e. The molecule has 106 valence electrons. The molecule has 0 aliphatic carbocycles. The second kappa shape index (κ2) is 4.71. The van der Waals surface area contributed by atoms with Gasteiger partial charge in [0, 0.05) is 33.7 Å². The lowest BCUT2D eigenvalue weighted by atomic mass is 10.0. The molecule has 2 N–H and O–H groups in total. The highest BCUT2D eigenvalue weighted by Gasteiger charge is 2.19. The van der Waals surface area contributed by atoms with E-state index < -0.39 is 0 Å². The van der Waals surface area contributed by atoms with Gasteiger partial charge in [-0.25, -0.2) is 0 Å². The minimum absolute atomic E-state index is 0.752. The van der Waals surface area contributed by atoms with Crippen LogP contribution < -0.4 is 10.1 Å². The van der Waals surface area contributed by atoms with Crippen LogP contribution in [0.4, 0.5) is 5.69 Å². The van der Waals surface area contributed by atoms with Gasteiger partial charge in [0.2, 0.25) is 0 Å². The zero-order chi connectivity index (χ0) is 14.4. The number of aromatic amines is 1. The first-order valence-electron chi connectivity index (χ1n) is 6.98. The van der Waals surface area contributed by atoms with E-state index in [9.17, 15) is 0 Å². The van der Waals surface area contributed by atoms with Gasteiger partial charge in [0.05, 0.1) is 12.8 Å². The number of fused-ring (bicyclic) bond motifs is 5. The van der Waals surface area contributed by atoms with Gasteiger partial charge in [-0.3, -0.25) is 0 Å². The van der Waals surface area contributed by atoms with E-state index in [1.807, 2.05) is 18.2 Å². The number of H-pyrrole nitrogens is 1. The second-order valence-corrected chi connectivity index (χ2v) is 5.69. The summed E-state index contributed by atoms with van der Waals surface area (Å²) < 4.78 is 5.35. The van der Waals surface area contributed by atoms with Crippen molar-refractivity contribution in [2.45, 2.75) is 6.42 Å². The molecular weight excluding hydrogens is 284 g/mol. The van der Waals surface area contributed by atoms with E-state index in [-0.39, 0.29) is 0 Å². The monoisotopic (exact) mass is 298 g/mol. The summed E-state index contributed by atoms with van der Waals surface area (Å²) in [6.07, 6.45) is 0.967. The summed E-state index contributed by atoms with van der Waals surface area (Å²) in [4.78, 5) is 3.54. The van der Waals surface area contributed by atoms with Crippen LogP contribution in [-0.4, -0.2) is 18.6 Å². The number of ether oxygens (including phenoxy) is 1. The van der Waals surface area contributed by atoms with Crippen molar-refractivity contribution in [2.24, 2.45) is 0 Å². The molecular formula is C17H15ClN2O. The van der Waals surface area contributed by atoms with Crippen LogP contribution in [0.1, 0.15) is 5.56 Å². The fourth-order valence-corrected chi connectivity index (χ4v) is 3.22. The topological polar surface area (TPSA) is 37.0 Å². The number of hydrogen-bond acceptors (Lipinski definition) is 2. The zero-order valence-electron chi connectivity index (χ0n) is 11.7. The Morgan fingerprint density at radius 3 is 2.90 bits per heavy atom. The molecule has 0 bridgehead atoms. The maximum absolute atomic E-state index is 6.11. The number of rotatable bonds is 1. The van der Waals surface area contributed by atoms with Gasteiger partial charge in [-0.1, -0.05) is 11.6 Å². The average molecular weight is 299 g/mol. The van der Waals surface area contributed by atoms with Crippen molar-refractivity contribution in [2.75, 3.05) is 19.0 Å². The zero-order valence-corrected chi connectivity index (χ0v) is 12.4. The molecule has 0 saturated heterocycles. The third-order valence-corrected chi connectivity index (χ3v) is 4.29. The molecule has 0 amide bonds. The molecule has 0 fully saturated rings. The quantitative estimate of drug-likeness (QED) is 0.696. The molecule has 2 aromatic carbocycles. The van der Waals surface area contributed by atoms with Crippen LogP contribution in [0.15, 0.2) is 36.4 Å². The molecule has 1 aromatic heterocycles. The first-order chi connectivity index (χ1) is 10.3. The van der Waals surface area contributed by atoms with Gasteiger partial charge in [0.25, 0.3) is 0 Å². The first kappa shape index (κ1) is 12.6. The summed E-state index contributed by atoms with van der Waals surface area (Å²) in [6, 6.07) is 12.2. The average Bonchev–Trinajstić information content (AvgIpc) is 2.75. The lowest BCUT2D eigenvalue weighted by Crippen LogP contribution is -2.02. The van der Waals surface area contributed by atoms with E-state index in [4.69, 9.17) is 16.3 Å². The lowest BCUT2D eigenvalue weighted by molar-refractivity contribution is 0.415. The van der Waals surface area contributed by atoms with Crippen molar-refractivity contribution in [1.29, 1.82) is 0 Å². The van der Waals surface area contributed by atoms with Gasteiger partial charge in [0.1, 0.15) is 5.75 Å². The highest BCUT2D eigenvalue weighted by atomic mass is 35.5. The van der Waals surface area contributed by atoms with Crippen molar-refractivity contribution in [3.05, 3.63) is 47.0 Å². The van der Waals surface area contributed by atoms with Crippen molar-refractivity contribution in [1.82, 2.24) is 4.98 Å².